The van der Waals surface area contributed by atoms with Gasteiger partial charge in [-0.3, -0.25) is 9.59 Å². The van der Waals surface area contributed by atoms with E-state index >= 15 is 0 Å². The molecule has 0 aromatic carbocycles. The molecule has 0 aliphatic heterocycles. The third-order valence-corrected chi connectivity index (χ3v) is 5.25. The molecule has 0 saturated heterocycles. The Morgan fingerprint density at radius 2 is 1.14 bits per heavy atom. The molecule has 3 saturated carbocycles. The van der Waals surface area contributed by atoms with Crippen molar-refractivity contribution in [3.05, 3.63) is 0 Å². The van der Waals surface area contributed by atoms with Gasteiger partial charge in [0.15, 0.2) is 0 Å². The number of unbranched alkanes of at least 4 members (excludes halogenated alkanes) is 2. The van der Waals surface area contributed by atoms with Crippen LogP contribution in [0.15, 0.2) is 0 Å². The van der Waals surface area contributed by atoms with Crippen LogP contribution in [-0.2, 0) is 19.1 Å². The quantitative estimate of drug-likeness (QED) is 0.506. The van der Waals surface area contributed by atoms with E-state index in [1.165, 1.54) is 0 Å². The predicted octanol–water partition coefficient (Wildman–Crippen LogP) is 3.73. The SMILES string of the molecule is CCCCOC(=O)[C@H]1C2CCC(CC2)[C@@H]1C(=O)OCCCC. The van der Waals surface area contributed by atoms with Crippen LogP contribution >= 0.6 is 0 Å². The minimum Gasteiger partial charge on any atom is -0.465 e. The first-order chi connectivity index (χ1) is 10.7. The fourth-order valence-corrected chi connectivity index (χ4v) is 3.95. The summed E-state index contributed by atoms with van der Waals surface area (Å²) in [6.45, 7) is 5.09. The Kier molecular flexibility index (Phi) is 6.71. The highest BCUT2D eigenvalue weighted by atomic mass is 16.5. The van der Waals surface area contributed by atoms with E-state index in [1.807, 2.05) is 0 Å². The summed E-state index contributed by atoms with van der Waals surface area (Å²) in [4.78, 5) is 25.0. The Labute approximate surface area is 133 Å². The maximum atomic E-state index is 12.5. The van der Waals surface area contributed by atoms with Crippen LogP contribution in [0.2, 0.25) is 0 Å². The summed E-state index contributed by atoms with van der Waals surface area (Å²) in [5.74, 6) is -0.247. The van der Waals surface area contributed by atoms with E-state index < -0.39 is 0 Å². The number of carbonyl (C=O) groups is 2. The molecular weight excluding hydrogens is 280 g/mol. The smallest absolute Gasteiger partial charge is 0.310 e. The van der Waals surface area contributed by atoms with E-state index in [4.69, 9.17) is 9.47 Å². The summed E-state index contributed by atoms with van der Waals surface area (Å²) in [6, 6.07) is 0. The third-order valence-electron chi connectivity index (χ3n) is 5.25. The first-order valence-corrected chi connectivity index (χ1v) is 9.02. The summed E-state index contributed by atoms with van der Waals surface area (Å²) in [6.07, 6.45) is 8.00. The molecule has 0 heterocycles. The molecule has 0 unspecified atom stereocenters. The number of carbonyl (C=O) groups excluding carboxylic acids is 2. The summed E-state index contributed by atoms with van der Waals surface area (Å²) >= 11 is 0. The van der Waals surface area contributed by atoms with Gasteiger partial charge in [0.2, 0.25) is 0 Å². The minimum absolute atomic E-state index is 0.166. The zero-order valence-electron chi connectivity index (χ0n) is 14.0. The summed E-state index contributed by atoms with van der Waals surface area (Å²) in [5.41, 5.74) is 0. The monoisotopic (exact) mass is 310 g/mol. The van der Waals surface area contributed by atoms with Crippen LogP contribution in [0, 0.1) is 23.7 Å². The van der Waals surface area contributed by atoms with Gasteiger partial charge in [0, 0.05) is 0 Å². The summed E-state index contributed by atoms with van der Waals surface area (Å²) in [7, 11) is 0. The molecule has 2 bridgehead atoms. The molecule has 3 fully saturated rings. The normalized spacial score (nSPS) is 30.1. The molecule has 4 heteroatoms. The van der Waals surface area contributed by atoms with Gasteiger partial charge in [0.05, 0.1) is 25.0 Å². The van der Waals surface area contributed by atoms with Crippen molar-refractivity contribution in [2.45, 2.75) is 65.2 Å². The molecule has 0 aromatic rings. The zero-order valence-corrected chi connectivity index (χ0v) is 14.0. The van der Waals surface area contributed by atoms with Crippen LogP contribution in [0.4, 0.5) is 0 Å². The molecule has 0 radical (unpaired) electrons. The number of hydrogen-bond donors (Lipinski definition) is 0. The number of esters is 2. The molecule has 0 spiro atoms. The van der Waals surface area contributed by atoms with Gasteiger partial charge >= 0.3 is 11.9 Å². The van der Waals surface area contributed by atoms with Crippen molar-refractivity contribution in [2.24, 2.45) is 23.7 Å². The van der Waals surface area contributed by atoms with Gasteiger partial charge in [-0.2, -0.15) is 0 Å². The number of fused-ring (bicyclic) bond motifs is 3. The van der Waals surface area contributed by atoms with Crippen molar-refractivity contribution in [3.8, 4) is 0 Å². The zero-order chi connectivity index (χ0) is 15.9. The second-order valence-corrected chi connectivity index (χ2v) is 6.77. The van der Waals surface area contributed by atoms with Crippen LogP contribution in [0.5, 0.6) is 0 Å². The van der Waals surface area contributed by atoms with Gasteiger partial charge in [0.25, 0.3) is 0 Å². The molecular formula is C18H30O4. The van der Waals surface area contributed by atoms with Gasteiger partial charge in [0.1, 0.15) is 0 Å². The van der Waals surface area contributed by atoms with Crippen molar-refractivity contribution in [1.82, 2.24) is 0 Å². The van der Waals surface area contributed by atoms with Crippen molar-refractivity contribution in [3.63, 3.8) is 0 Å². The van der Waals surface area contributed by atoms with Gasteiger partial charge in [-0.05, 0) is 50.4 Å². The van der Waals surface area contributed by atoms with E-state index in [9.17, 15) is 9.59 Å². The highest BCUT2D eigenvalue weighted by molar-refractivity contribution is 5.83. The first kappa shape index (κ1) is 17.3. The molecule has 3 aliphatic rings. The molecule has 0 N–H and O–H groups in total. The average molecular weight is 310 g/mol. The minimum atomic E-state index is -0.265. The number of hydrogen-bond acceptors (Lipinski definition) is 4. The fraction of sp³-hybridized carbons (Fsp3) is 0.889. The Morgan fingerprint density at radius 1 is 0.773 bits per heavy atom. The summed E-state index contributed by atoms with van der Waals surface area (Å²) in [5, 5.41) is 0. The van der Waals surface area contributed by atoms with Crippen LogP contribution in [0.3, 0.4) is 0 Å². The lowest BCUT2D eigenvalue weighted by Crippen LogP contribution is -2.48. The van der Waals surface area contributed by atoms with Gasteiger partial charge in [-0.15, -0.1) is 0 Å². The maximum Gasteiger partial charge on any atom is 0.310 e. The Hall–Kier alpha value is -1.06. The number of rotatable bonds is 8. The largest absolute Gasteiger partial charge is 0.465 e. The first-order valence-electron chi connectivity index (χ1n) is 9.02. The molecule has 4 nitrogen and oxygen atoms in total. The lowest BCUT2D eigenvalue weighted by Gasteiger charge is -2.45. The maximum absolute atomic E-state index is 12.5. The van der Waals surface area contributed by atoms with Gasteiger partial charge in [-0.25, -0.2) is 0 Å². The lowest BCUT2D eigenvalue weighted by molar-refractivity contribution is -0.173. The second-order valence-electron chi connectivity index (χ2n) is 6.77. The second kappa shape index (κ2) is 8.54. The van der Waals surface area contributed by atoms with Crippen molar-refractivity contribution >= 4 is 11.9 Å². The summed E-state index contributed by atoms with van der Waals surface area (Å²) < 4.78 is 10.9. The average Bonchev–Trinajstić information content (AvgIpc) is 2.55. The van der Waals surface area contributed by atoms with E-state index in [2.05, 4.69) is 13.8 Å². The molecule has 3 rings (SSSR count). The lowest BCUT2D eigenvalue weighted by atomic mass is 9.58. The van der Waals surface area contributed by atoms with E-state index in [-0.39, 0.29) is 23.8 Å². The molecule has 0 aromatic heterocycles. The van der Waals surface area contributed by atoms with Crippen LogP contribution in [0.1, 0.15) is 65.2 Å². The van der Waals surface area contributed by atoms with E-state index in [0.717, 1.165) is 51.4 Å². The highest BCUT2D eigenvalue weighted by Gasteiger charge is 2.51. The van der Waals surface area contributed by atoms with Gasteiger partial charge in [-0.1, -0.05) is 26.7 Å². The Morgan fingerprint density at radius 3 is 1.45 bits per heavy atom. The van der Waals surface area contributed by atoms with Crippen molar-refractivity contribution in [1.29, 1.82) is 0 Å². The molecule has 126 valence electrons. The predicted molar refractivity (Wildman–Crippen MR) is 84.2 cm³/mol. The Balaban J connectivity index is 1.99. The van der Waals surface area contributed by atoms with E-state index in [1.54, 1.807) is 0 Å². The van der Waals surface area contributed by atoms with Gasteiger partial charge < -0.3 is 9.47 Å². The topological polar surface area (TPSA) is 52.6 Å². The highest BCUT2D eigenvalue weighted by Crippen LogP contribution is 2.49. The standard InChI is InChI=1S/C18H30O4/c1-3-5-11-21-17(19)15-13-7-9-14(10-8-13)16(15)18(20)22-12-6-4-2/h13-16H,3-12H2,1-2H3/t13?,14?,15-,16-/m0/s1. The molecule has 3 aliphatic carbocycles. The molecule has 0 amide bonds. The fourth-order valence-electron chi connectivity index (χ4n) is 3.95. The molecule has 22 heavy (non-hydrogen) atoms. The van der Waals surface area contributed by atoms with Crippen LogP contribution in [0.25, 0.3) is 0 Å². The van der Waals surface area contributed by atoms with Crippen LogP contribution < -0.4 is 0 Å². The van der Waals surface area contributed by atoms with Crippen LogP contribution in [-0.4, -0.2) is 25.2 Å². The van der Waals surface area contributed by atoms with E-state index in [0.29, 0.717) is 25.0 Å². The third kappa shape index (κ3) is 4.02. The van der Waals surface area contributed by atoms with Crippen molar-refractivity contribution < 1.29 is 19.1 Å². The Bertz CT molecular complexity index is 335. The molecule has 2 atom stereocenters. The van der Waals surface area contributed by atoms with Crippen molar-refractivity contribution in [2.75, 3.05) is 13.2 Å². The number of ether oxygens (including phenoxy) is 2.